The largest absolute Gasteiger partial charge is 0.310 e. The molecule has 1 heteroatoms. The second-order valence-corrected chi connectivity index (χ2v) is 23.4. The lowest BCUT2D eigenvalue weighted by atomic mass is 9.77. The second kappa shape index (κ2) is 13.6. The van der Waals surface area contributed by atoms with Crippen molar-refractivity contribution in [1.29, 1.82) is 0 Å². The molecule has 0 aromatic heterocycles. The van der Waals surface area contributed by atoms with E-state index in [4.69, 9.17) is 0 Å². The number of hydrogen-bond donors (Lipinski definition) is 0. The quantitative estimate of drug-likeness (QED) is 0.171. The van der Waals surface area contributed by atoms with Crippen molar-refractivity contribution in [1.82, 2.24) is 0 Å². The Labute approximate surface area is 417 Å². The van der Waals surface area contributed by atoms with Gasteiger partial charge in [-0.25, -0.2) is 0 Å². The van der Waals surface area contributed by atoms with Crippen LogP contribution in [0.3, 0.4) is 0 Å². The van der Waals surface area contributed by atoms with E-state index in [1.165, 1.54) is 132 Å². The fourth-order valence-corrected chi connectivity index (χ4v) is 14.1. The lowest BCUT2D eigenvalue weighted by Crippen LogP contribution is -2.18. The van der Waals surface area contributed by atoms with Gasteiger partial charge in [-0.3, -0.25) is 0 Å². The maximum absolute atomic E-state index is 2.56. The number of fused-ring (bicyclic) bond motifs is 16. The van der Waals surface area contributed by atoms with Crippen LogP contribution in [0.4, 0.5) is 17.1 Å². The van der Waals surface area contributed by atoms with Crippen molar-refractivity contribution in [2.24, 2.45) is 0 Å². The van der Waals surface area contributed by atoms with Gasteiger partial charge in [0.1, 0.15) is 0 Å². The summed E-state index contributed by atoms with van der Waals surface area (Å²) in [5.74, 6) is 0. The molecule has 71 heavy (non-hydrogen) atoms. The molecular weight excluding hydrogens is 855 g/mol. The number of para-hydroxylation sites is 1. The molecule has 0 bridgehead atoms. The molecule has 0 atom stereocenters. The van der Waals surface area contributed by atoms with Crippen molar-refractivity contribution in [3.8, 4) is 44.5 Å². The van der Waals surface area contributed by atoms with E-state index in [0.29, 0.717) is 0 Å². The molecule has 4 aliphatic carbocycles. The normalized spacial score (nSPS) is 16.3. The van der Waals surface area contributed by atoms with Crippen LogP contribution >= 0.6 is 0 Å². The molecule has 0 heterocycles. The Morgan fingerprint density at radius 1 is 0.211 bits per heavy atom. The summed E-state index contributed by atoms with van der Waals surface area (Å²) >= 11 is 0. The van der Waals surface area contributed by atoms with E-state index in [0.717, 1.165) is 17.1 Å². The van der Waals surface area contributed by atoms with E-state index in [1.54, 1.807) is 0 Å². The molecule has 0 saturated heterocycles. The van der Waals surface area contributed by atoms with Crippen LogP contribution in [0, 0.1) is 0 Å². The maximum atomic E-state index is 2.56. The number of rotatable bonds is 3. The zero-order chi connectivity index (χ0) is 48.1. The van der Waals surface area contributed by atoms with E-state index < -0.39 is 0 Å². The van der Waals surface area contributed by atoms with Crippen molar-refractivity contribution in [2.45, 2.75) is 77.0 Å². The number of nitrogens with zero attached hydrogens (tertiary/aromatic N) is 1. The zero-order valence-corrected chi connectivity index (χ0v) is 41.8. The molecule has 340 valence electrons. The van der Waals surface area contributed by atoms with Gasteiger partial charge >= 0.3 is 0 Å². The van der Waals surface area contributed by atoms with E-state index in [-0.39, 0.29) is 21.7 Å². The van der Waals surface area contributed by atoms with Crippen molar-refractivity contribution in [2.75, 3.05) is 4.90 Å². The molecule has 0 N–H and O–H groups in total. The Morgan fingerprint density at radius 2 is 0.479 bits per heavy atom. The highest BCUT2D eigenvalue weighted by molar-refractivity contribution is 6.02. The average molecular weight is 910 g/mol. The highest BCUT2D eigenvalue weighted by Gasteiger charge is 2.44. The van der Waals surface area contributed by atoms with Gasteiger partial charge in [0.25, 0.3) is 0 Å². The van der Waals surface area contributed by atoms with Crippen LogP contribution in [-0.2, 0) is 21.7 Å². The van der Waals surface area contributed by atoms with Crippen molar-refractivity contribution in [3.05, 3.63) is 233 Å². The van der Waals surface area contributed by atoms with E-state index in [1.807, 2.05) is 0 Å². The molecule has 15 rings (SSSR count). The van der Waals surface area contributed by atoms with Crippen LogP contribution in [0.2, 0.25) is 0 Å². The summed E-state index contributed by atoms with van der Waals surface area (Å²) in [6, 6.07) is 72.5. The Balaban J connectivity index is 0.832. The maximum Gasteiger partial charge on any atom is 0.0468 e. The van der Waals surface area contributed by atoms with Crippen molar-refractivity contribution >= 4 is 60.2 Å². The molecule has 0 fully saturated rings. The van der Waals surface area contributed by atoms with Gasteiger partial charge in [-0.2, -0.15) is 0 Å². The van der Waals surface area contributed by atoms with Gasteiger partial charge in [0.2, 0.25) is 0 Å². The predicted octanol–water partition coefficient (Wildman–Crippen LogP) is 19.0. The van der Waals surface area contributed by atoms with Gasteiger partial charge < -0.3 is 4.90 Å². The van der Waals surface area contributed by atoms with Crippen molar-refractivity contribution < 1.29 is 0 Å². The van der Waals surface area contributed by atoms with E-state index in [2.05, 4.69) is 248 Å². The summed E-state index contributed by atoms with van der Waals surface area (Å²) in [7, 11) is 0. The smallest absolute Gasteiger partial charge is 0.0468 e. The topological polar surface area (TPSA) is 3.24 Å². The van der Waals surface area contributed by atoms with Gasteiger partial charge in [-0.1, -0.05) is 146 Å². The minimum Gasteiger partial charge on any atom is -0.310 e. The van der Waals surface area contributed by atoms with Crippen LogP contribution in [0.15, 0.2) is 188 Å². The number of anilines is 3. The third kappa shape index (κ3) is 5.42. The molecule has 11 aromatic rings. The predicted molar refractivity (Wildman–Crippen MR) is 301 cm³/mol. The first-order chi connectivity index (χ1) is 34.2. The first-order valence-electron chi connectivity index (χ1n) is 25.6. The van der Waals surface area contributed by atoms with E-state index >= 15 is 0 Å². The molecule has 1 nitrogen and oxygen atoms in total. The average Bonchev–Trinajstić information content (AvgIpc) is 3.91. The molecule has 4 aliphatic rings. The Hall–Kier alpha value is -7.74. The van der Waals surface area contributed by atoms with Gasteiger partial charge in [-0.05, 0) is 229 Å². The fraction of sp³-hybridized carbons (Fsp3) is 0.171. The molecular formula is C70H55N. The van der Waals surface area contributed by atoms with Crippen LogP contribution in [-0.4, -0.2) is 0 Å². The lowest BCUT2D eigenvalue weighted by Gasteiger charge is -2.27. The molecule has 0 spiro atoms. The minimum absolute atomic E-state index is 0.0829. The molecule has 0 radical (unpaired) electrons. The fourth-order valence-electron chi connectivity index (χ4n) is 14.1. The summed E-state index contributed by atoms with van der Waals surface area (Å²) < 4.78 is 0. The second-order valence-electron chi connectivity index (χ2n) is 23.4. The molecule has 0 aliphatic heterocycles. The summed E-state index contributed by atoms with van der Waals surface area (Å²) in [4.78, 5) is 2.45. The molecule has 11 aromatic carbocycles. The molecule has 0 amide bonds. The molecule has 0 unspecified atom stereocenters. The lowest BCUT2D eigenvalue weighted by molar-refractivity contribution is 0.640. The van der Waals surface area contributed by atoms with Crippen LogP contribution < -0.4 is 4.90 Å². The zero-order valence-electron chi connectivity index (χ0n) is 41.8. The molecule has 0 saturated carbocycles. The van der Waals surface area contributed by atoms with Crippen LogP contribution in [0.25, 0.3) is 87.6 Å². The number of benzene rings is 11. The van der Waals surface area contributed by atoms with Gasteiger partial charge in [-0.15, -0.1) is 0 Å². The third-order valence-electron chi connectivity index (χ3n) is 18.1. The highest BCUT2D eigenvalue weighted by atomic mass is 15.1. The monoisotopic (exact) mass is 909 g/mol. The van der Waals surface area contributed by atoms with Gasteiger partial charge in [0, 0.05) is 38.7 Å². The Bertz CT molecular complexity index is 3960. The third-order valence-corrected chi connectivity index (χ3v) is 18.1. The standard InChI is InChI=1S/C70H55N/c1-67(2)59-32-42-18-14-12-16-40(42)28-51(59)55-36-57-53-30-44-22-24-49(26-46(44)34-61(53)69(5,6)65(57)38-63(55)67)71(48-20-10-9-11-21-48)50-25-23-45-31-54-58-37-56-52-29-41-17-13-15-19-43(41)33-60(52)68(3,4)64(56)39-66(58)70(7,8)62(54)35-47(45)27-50/h9-39H,1-8H3. The number of hydrogen-bond acceptors (Lipinski definition) is 1. The van der Waals surface area contributed by atoms with Crippen LogP contribution in [0.5, 0.6) is 0 Å². The summed E-state index contributed by atoms with van der Waals surface area (Å²) in [5, 5.41) is 10.3. The van der Waals surface area contributed by atoms with Gasteiger partial charge in [0.15, 0.2) is 0 Å². The summed E-state index contributed by atoms with van der Waals surface area (Å²) in [5.41, 5.74) is 25.4. The highest BCUT2D eigenvalue weighted by Crippen LogP contribution is 2.59. The summed E-state index contributed by atoms with van der Waals surface area (Å²) in [6.07, 6.45) is 0. The van der Waals surface area contributed by atoms with Crippen LogP contribution in [0.1, 0.15) is 99.9 Å². The Kier molecular flexibility index (Phi) is 7.85. The SMILES string of the molecule is CC1(C)c2cc3c(cc2-c2cc4ccccc4cc21)-c1cc2ccc(N(c4ccccc4)c4ccc5cc6c(cc5c4)C(C)(C)c4cc5c(cc4-6)-c4cc6ccccc6cc4C5(C)C)cc2cc1C3(C)C. The van der Waals surface area contributed by atoms with Crippen molar-refractivity contribution in [3.63, 3.8) is 0 Å². The Morgan fingerprint density at radius 3 is 0.831 bits per heavy atom. The summed E-state index contributed by atoms with van der Waals surface area (Å²) in [6.45, 7) is 19.4. The first kappa shape index (κ1) is 41.1. The van der Waals surface area contributed by atoms with E-state index in [9.17, 15) is 0 Å². The first-order valence-corrected chi connectivity index (χ1v) is 25.6. The minimum atomic E-state index is -0.152. The van der Waals surface area contributed by atoms with Gasteiger partial charge in [0.05, 0.1) is 0 Å².